The van der Waals surface area contributed by atoms with E-state index in [2.05, 4.69) is 20.8 Å². The summed E-state index contributed by atoms with van der Waals surface area (Å²) in [6.07, 6.45) is 6.18. The highest BCUT2D eigenvalue weighted by Gasteiger charge is 2.28. The molecule has 0 saturated carbocycles. The summed E-state index contributed by atoms with van der Waals surface area (Å²) in [6, 6.07) is 0. The fourth-order valence-corrected chi connectivity index (χ4v) is 3.02. The van der Waals surface area contributed by atoms with Crippen LogP contribution in [0.2, 0.25) is 0 Å². The molecule has 1 aliphatic rings. The van der Waals surface area contributed by atoms with E-state index in [1.54, 1.807) is 11.1 Å². The number of carbonyl (C=O) groups is 1. The van der Waals surface area contributed by atoms with Crippen molar-refractivity contribution in [3.05, 3.63) is 11.1 Å². The Labute approximate surface area is 105 Å². The Balaban J connectivity index is 2.57. The third-order valence-electron chi connectivity index (χ3n) is 4.10. The summed E-state index contributed by atoms with van der Waals surface area (Å²) in [6.45, 7) is 8.94. The van der Waals surface area contributed by atoms with Crippen molar-refractivity contribution in [2.75, 3.05) is 0 Å². The molecule has 2 nitrogen and oxygen atoms in total. The summed E-state index contributed by atoms with van der Waals surface area (Å²) >= 11 is 0. The van der Waals surface area contributed by atoms with Crippen LogP contribution in [-0.4, -0.2) is 11.1 Å². The second-order valence-corrected chi connectivity index (χ2v) is 6.24. The van der Waals surface area contributed by atoms with E-state index >= 15 is 0 Å². The first kappa shape index (κ1) is 14.3. The first-order chi connectivity index (χ1) is 7.83. The predicted octanol–water partition coefficient (Wildman–Crippen LogP) is 4.40. The maximum absolute atomic E-state index is 10.6. The molecule has 0 amide bonds. The van der Waals surface area contributed by atoms with Crippen molar-refractivity contribution >= 4 is 5.97 Å². The Morgan fingerprint density at radius 1 is 1.47 bits per heavy atom. The van der Waals surface area contributed by atoms with E-state index in [1.807, 2.05) is 6.92 Å². The van der Waals surface area contributed by atoms with Crippen LogP contribution in [0.4, 0.5) is 0 Å². The van der Waals surface area contributed by atoms with Gasteiger partial charge in [-0.05, 0) is 50.4 Å². The van der Waals surface area contributed by atoms with Gasteiger partial charge in [0.1, 0.15) is 0 Å². The van der Waals surface area contributed by atoms with Gasteiger partial charge in [-0.1, -0.05) is 31.9 Å². The average molecular weight is 238 g/mol. The van der Waals surface area contributed by atoms with Crippen molar-refractivity contribution in [3.8, 4) is 0 Å². The van der Waals surface area contributed by atoms with Gasteiger partial charge in [0.25, 0.3) is 0 Å². The summed E-state index contributed by atoms with van der Waals surface area (Å²) in [5, 5.41) is 8.76. The second kappa shape index (κ2) is 5.70. The molecule has 1 N–H and O–H groups in total. The van der Waals surface area contributed by atoms with Crippen molar-refractivity contribution in [1.82, 2.24) is 0 Å². The highest BCUT2D eigenvalue weighted by Crippen LogP contribution is 2.42. The number of allylic oxidation sites excluding steroid dienone is 2. The molecule has 0 fully saturated rings. The zero-order valence-corrected chi connectivity index (χ0v) is 11.7. The van der Waals surface area contributed by atoms with Crippen LogP contribution in [-0.2, 0) is 4.79 Å². The number of hydrogen-bond donors (Lipinski definition) is 1. The lowest BCUT2D eigenvalue weighted by Gasteiger charge is -2.35. The van der Waals surface area contributed by atoms with E-state index < -0.39 is 5.97 Å². The van der Waals surface area contributed by atoms with Crippen LogP contribution >= 0.6 is 0 Å². The summed E-state index contributed by atoms with van der Waals surface area (Å²) in [5.74, 6) is -0.392. The van der Waals surface area contributed by atoms with E-state index in [4.69, 9.17) is 5.11 Å². The predicted molar refractivity (Wildman–Crippen MR) is 71.0 cm³/mol. The van der Waals surface area contributed by atoms with Crippen molar-refractivity contribution in [2.24, 2.45) is 11.3 Å². The van der Waals surface area contributed by atoms with Crippen LogP contribution in [0, 0.1) is 11.3 Å². The summed E-state index contributed by atoms with van der Waals surface area (Å²) in [5.41, 5.74) is 3.45. The van der Waals surface area contributed by atoms with Crippen molar-refractivity contribution in [2.45, 2.75) is 66.2 Å². The minimum atomic E-state index is -0.675. The Kier molecular flexibility index (Phi) is 4.79. The molecule has 2 heteroatoms. The lowest BCUT2D eigenvalue weighted by atomic mass is 9.70. The molecule has 1 aliphatic carbocycles. The normalized spacial score (nSPS) is 21.4. The Hall–Kier alpha value is -0.790. The van der Waals surface area contributed by atoms with E-state index in [1.165, 1.54) is 19.3 Å². The van der Waals surface area contributed by atoms with Crippen LogP contribution in [0.5, 0.6) is 0 Å². The van der Waals surface area contributed by atoms with Gasteiger partial charge in [-0.25, -0.2) is 0 Å². The monoisotopic (exact) mass is 238 g/mol. The maximum Gasteiger partial charge on any atom is 0.303 e. The topological polar surface area (TPSA) is 37.3 Å². The van der Waals surface area contributed by atoms with Crippen LogP contribution in [0.3, 0.4) is 0 Å². The fraction of sp³-hybridized carbons (Fsp3) is 0.800. The average Bonchev–Trinajstić information content (AvgIpc) is 2.14. The minimum Gasteiger partial charge on any atom is -0.481 e. The van der Waals surface area contributed by atoms with E-state index in [9.17, 15) is 4.79 Å². The second-order valence-electron chi connectivity index (χ2n) is 6.24. The van der Waals surface area contributed by atoms with Gasteiger partial charge in [0.15, 0.2) is 0 Å². The number of rotatable bonds is 5. The molecule has 1 unspecified atom stereocenters. The molecular weight excluding hydrogens is 212 g/mol. The molecule has 0 aromatic heterocycles. The molecule has 0 saturated heterocycles. The fourth-order valence-electron chi connectivity index (χ4n) is 3.02. The molecule has 0 aromatic rings. The number of carboxylic acid groups (broad SMARTS) is 1. The van der Waals surface area contributed by atoms with E-state index in [0.29, 0.717) is 11.8 Å². The lowest BCUT2D eigenvalue weighted by molar-refractivity contribution is -0.138. The van der Waals surface area contributed by atoms with Crippen LogP contribution < -0.4 is 0 Å². The number of aliphatic carboxylic acids is 1. The van der Waals surface area contributed by atoms with Crippen LogP contribution in [0.15, 0.2) is 11.1 Å². The molecule has 0 aromatic carbocycles. The zero-order valence-electron chi connectivity index (χ0n) is 11.7. The highest BCUT2D eigenvalue weighted by molar-refractivity contribution is 5.66. The first-order valence-corrected chi connectivity index (χ1v) is 6.74. The third kappa shape index (κ3) is 4.18. The van der Waals surface area contributed by atoms with Gasteiger partial charge in [-0.3, -0.25) is 4.79 Å². The van der Waals surface area contributed by atoms with Gasteiger partial charge in [0, 0.05) is 6.42 Å². The molecule has 0 radical (unpaired) electrons. The molecule has 1 rings (SSSR count). The maximum atomic E-state index is 10.6. The molecule has 17 heavy (non-hydrogen) atoms. The number of carboxylic acids is 1. The van der Waals surface area contributed by atoms with Gasteiger partial charge >= 0.3 is 5.97 Å². The smallest absolute Gasteiger partial charge is 0.303 e. The van der Waals surface area contributed by atoms with Gasteiger partial charge in [0.2, 0.25) is 0 Å². The first-order valence-electron chi connectivity index (χ1n) is 6.74. The molecular formula is C15H26O2. The summed E-state index contributed by atoms with van der Waals surface area (Å²) in [4.78, 5) is 10.6. The Bertz CT molecular complexity index is 313. The van der Waals surface area contributed by atoms with Crippen LogP contribution in [0.1, 0.15) is 66.2 Å². The largest absolute Gasteiger partial charge is 0.481 e. The molecule has 1 atom stereocenters. The molecule has 0 heterocycles. The van der Waals surface area contributed by atoms with E-state index in [0.717, 1.165) is 12.8 Å². The van der Waals surface area contributed by atoms with Gasteiger partial charge in [-0.15, -0.1) is 0 Å². The third-order valence-corrected chi connectivity index (χ3v) is 4.10. The molecule has 98 valence electrons. The van der Waals surface area contributed by atoms with Crippen molar-refractivity contribution < 1.29 is 9.90 Å². The van der Waals surface area contributed by atoms with Gasteiger partial charge in [-0.2, -0.15) is 0 Å². The molecule has 0 spiro atoms. The number of hydrogen-bond acceptors (Lipinski definition) is 1. The van der Waals surface area contributed by atoms with Crippen LogP contribution in [0.25, 0.3) is 0 Å². The Morgan fingerprint density at radius 3 is 2.65 bits per heavy atom. The quantitative estimate of drug-likeness (QED) is 0.721. The van der Waals surface area contributed by atoms with Crippen molar-refractivity contribution in [1.29, 1.82) is 0 Å². The van der Waals surface area contributed by atoms with Gasteiger partial charge < -0.3 is 5.11 Å². The molecule has 0 aliphatic heterocycles. The SMILES string of the molecule is CC1=C(CCC(C)CC(=O)O)C(C)(C)CCC1. The summed E-state index contributed by atoms with van der Waals surface area (Å²) < 4.78 is 0. The summed E-state index contributed by atoms with van der Waals surface area (Å²) in [7, 11) is 0. The minimum absolute atomic E-state index is 0.283. The van der Waals surface area contributed by atoms with E-state index in [-0.39, 0.29) is 5.92 Å². The zero-order chi connectivity index (χ0) is 13.1. The Morgan fingerprint density at radius 2 is 2.12 bits per heavy atom. The lowest BCUT2D eigenvalue weighted by Crippen LogP contribution is -2.21. The van der Waals surface area contributed by atoms with Gasteiger partial charge in [0.05, 0.1) is 0 Å². The standard InChI is InChI=1S/C15H26O2/c1-11(10-14(16)17)7-8-13-12(2)6-5-9-15(13,3)4/h11H,5-10H2,1-4H3,(H,16,17). The highest BCUT2D eigenvalue weighted by atomic mass is 16.4. The van der Waals surface area contributed by atoms with Crippen molar-refractivity contribution in [3.63, 3.8) is 0 Å². The molecule has 0 bridgehead atoms.